The molecule has 1 aromatic rings. The minimum Gasteiger partial charge on any atom is -0.349 e. The molecular formula is C15H19BrClNO. The van der Waals surface area contributed by atoms with Gasteiger partial charge < -0.3 is 5.32 Å². The second-order valence-corrected chi connectivity index (χ2v) is 6.55. The first-order valence-corrected chi connectivity index (χ1v) is 8.01. The van der Waals surface area contributed by atoms with Gasteiger partial charge in [0.2, 0.25) is 0 Å². The van der Waals surface area contributed by atoms with Crippen molar-refractivity contribution in [1.29, 1.82) is 0 Å². The number of carbonyl (C=O) groups is 1. The van der Waals surface area contributed by atoms with Crippen LogP contribution in [0.15, 0.2) is 22.7 Å². The summed E-state index contributed by atoms with van der Waals surface area (Å²) in [7, 11) is 0. The third kappa shape index (κ3) is 3.96. The summed E-state index contributed by atoms with van der Waals surface area (Å²) in [6.07, 6.45) is 6.37. The summed E-state index contributed by atoms with van der Waals surface area (Å²) in [5, 5.41) is 3.73. The van der Waals surface area contributed by atoms with Gasteiger partial charge in [-0.2, -0.15) is 0 Å². The van der Waals surface area contributed by atoms with E-state index in [9.17, 15) is 4.79 Å². The minimum absolute atomic E-state index is 0.0181. The Morgan fingerprint density at radius 3 is 2.68 bits per heavy atom. The van der Waals surface area contributed by atoms with Gasteiger partial charge in [0.25, 0.3) is 5.91 Å². The number of benzene rings is 1. The number of carbonyl (C=O) groups excluding carboxylic acids is 1. The maximum absolute atomic E-state index is 12.2. The lowest BCUT2D eigenvalue weighted by Gasteiger charge is -2.28. The predicted molar refractivity (Wildman–Crippen MR) is 82.7 cm³/mol. The fourth-order valence-corrected chi connectivity index (χ4v) is 3.18. The molecule has 0 aliphatic heterocycles. The van der Waals surface area contributed by atoms with Crippen LogP contribution in [0.25, 0.3) is 0 Å². The zero-order valence-corrected chi connectivity index (χ0v) is 13.4. The fourth-order valence-electron chi connectivity index (χ4n) is 2.68. The lowest BCUT2D eigenvalue weighted by molar-refractivity contribution is 0.0919. The SMILES string of the molecule is CC(NC(=O)c1ccc(Cl)c(Br)c1)C1CCCCC1. The van der Waals surface area contributed by atoms with Gasteiger partial charge >= 0.3 is 0 Å². The second-order valence-electron chi connectivity index (χ2n) is 5.29. The molecule has 1 saturated carbocycles. The van der Waals surface area contributed by atoms with E-state index in [-0.39, 0.29) is 11.9 Å². The summed E-state index contributed by atoms with van der Waals surface area (Å²) < 4.78 is 0.757. The van der Waals surface area contributed by atoms with Crippen molar-refractivity contribution in [2.45, 2.75) is 45.1 Å². The predicted octanol–water partition coefficient (Wildman–Crippen LogP) is 4.80. The first kappa shape index (κ1) is 14.9. The number of nitrogens with one attached hydrogen (secondary N) is 1. The summed E-state index contributed by atoms with van der Waals surface area (Å²) in [6, 6.07) is 5.51. The highest BCUT2D eigenvalue weighted by Gasteiger charge is 2.21. The van der Waals surface area contributed by atoms with E-state index in [1.807, 2.05) is 0 Å². The first-order chi connectivity index (χ1) is 9.08. The Labute approximate surface area is 128 Å². The lowest BCUT2D eigenvalue weighted by Crippen LogP contribution is -2.38. The summed E-state index contributed by atoms with van der Waals surface area (Å²) in [4.78, 5) is 12.2. The molecule has 4 heteroatoms. The zero-order valence-electron chi connectivity index (χ0n) is 11.1. The van der Waals surface area contributed by atoms with Crippen LogP contribution in [-0.2, 0) is 0 Å². The molecule has 2 rings (SSSR count). The molecule has 0 radical (unpaired) electrons. The number of hydrogen-bond acceptors (Lipinski definition) is 1. The summed E-state index contributed by atoms with van der Waals surface area (Å²) in [5.41, 5.74) is 0.652. The molecule has 0 bridgehead atoms. The van der Waals surface area contributed by atoms with E-state index in [1.54, 1.807) is 18.2 Å². The first-order valence-electron chi connectivity index (χ1n) is 6.84. The standard InChI is InChI=1S/C15H19BrClNO/c1-10(11-5-3-2-4-6-11)18-15(19)12-7-8-14(17)13(16)9-12/h7-11H,2-6H2,1H3,(H,18,19). The molecule has 1 fully saturated rings. The highest BCUT2D eigenvalue weighted by atomic mass is 79.9. The minimum atomic E-state index is -0.0181. The molecule has 104 valence electrons. The van der Waals surface area contributed by atoms with Crippen LogP contribution in [-0.4, -0.2) is 11.9 Å². The summed E-state index contributed by atoms with van der Waals surface area (Å²) in [6.45, 7) is 2.11. The Kier molecular flexibility index (Phi) is 5.28. The largest absolute Gasteiger partial charge is 0.349 e. The Balaban J connectivity index is 1.97. The van der Waals surface area contributed by atoms with Gasteiger partial charge in [0.1, 0.15) is 0 Å². The zero-order chi connectivity index (χ0) is 13.8. The van der Waals surface area contributed by atoms with Gasteiger partial charge in [-0.25, -0.2) is 0 Å². The van der Waals surface area contributed by atoms with Crippen molar-refractivity contribution < 1.29 is 4.79 Å². The van der Waals surface area contributed by atoms with Crippen molar-refractivity contribution in [3.63, 3.8) is 0 Å². The normalized spacial score (nSPS) is 18.1. The molecule has 1 unspecified atom stereocenters. The van der Waals surface area contributed by atoms with Crippen LogP contribution in [0, 0.1) is 5.92 Å². The van der Waals surface area contributed by atoms with E-state index in [0.29, 0.717) is 16.5 Å². The monoisotopic (exact) mass is 343 g/mol. The summed E-state index contributed by atoms with van der Waals surface area (Å²) in [5.74, 6) is 0.601. The van der Waals surface area contributed by atoms with Gasteiger partial charge in [-0.15, -0.1) is 0 Å². The molecule has 0 saturated heterocycles. The van der Waals surface area contributed by atoms with Gasteiger partial charge in [-0.1, -0.05) is 30.9 Å². The maximum atomic E-state index is 12.2. The van der Waals surface area contributed by atoms with Gasteiger partial charge in [0, 0.05) is 16.1 Å². The molecule has 1 aliphatic rings. The Bertz CT molecular complexity index is 457. The van der Waals surface area contributed by atoms with E-state index in [1.165, 1.54) is 32.1 Å². The average molecular weight is 345 g/mol. The molecular weight excluding hydrogens is 326 g/mol. The third-order valence-electron chi connectivity index (χ3n) is 3.90. The number of halogens is 2. The second kappa shape index (κ2) is 6.76. The molecule has 1 aliphatic carbocycles. The van der Waals surface area contributed by atoms with Crippen LogP contribution in [0.4, 0.5) is 0 Å². The molecule has 2 nitrogen and oxygen atoms in total. The van der Waals surface area contributed by atoms with Crippen LogP contribution in [0.1, 0.15) is 49.4 Å². The Hall–Kier alpha value is -0.540. The van der Waals surface area contributed by atoms with Crippen LogP contribution < -0.4 is 5.32 Å². The van der Waals surface area contributed by atoms with Gasteiger partial charge in [-0.3, -0.25) is 4.79 Å². The molecule has 0 aromatic heterocycles. The molecule has 1 N–H and O–H groups in total. The maximum Gasteiger partial charge on any atom is 0.251 e. The van der Waals surface area contributed by atoms with Crippen molar-refractivity contribution in [2.24, 2.45) is 5.92 Å². The van der Waals surface area contributed by atoms with Crippen LogP contribution >= 0.6 is 27.5 Å². The molecule has 1 amide bonds. The molecule has 1 aromatic carbocycles. The quantitative estimate of drug-likeness (QED) is 0.838. The fraction of sp³-hybridized carbons (Fsp3) is 0.533. The van der Waals surface area contributed by atoms with E-state index < -0.39 is 0 Å². The lowest BCUT2D eigenvalue weighted by atomic mass is 9.84. The third-order valence-corrected chi connectivity index (χ3v) is 5.11. The summed E-state index contributed by atoms with van der Waals surface area (Å²) >= 11 is 9.28. The van der Waals surface area contributed by atoms with E-state index in [4.69, 9.17) is 11.6 Å². The topological polar surface area (TPSA) is 29.1 Å². The van der Waals surface area contributed by atoms with Crippen molar-refractivity contribution >= 4 is 33.4 Å². The van der Waals surface area contributed by atoms with Gasteiger partial charge in [-0.05, 0) is 59.8 Å². The van der Waals surface area contributed by atoms with E-state index >= 15 is 0 Å². The van der Waals surface area contributed by atoms with E-state index in [0.717, 1.165) is 4.47 Å². The van der Waals surface area contributed by atoms with Crippen LogP contribution in [0.2, 0.25) is 5.02 Å². The van der Waals surface area contributed by atoms with Crippen molar-refractivity contribution in [1.82, 2.24) is 5.32 Å². The van der Waals surface area contributed by atoms with Crippen LogP contribution in [0.3, 0.4) is 0 Å². The van der Waals surface area contributed by atoms with Gasteiger partial charge in [0.05, 0.1) is 5.02 Å². The average Bonchev–Trinajstić information content (AvgIpc) is 2.42. The van der Waals surface area contributed by atoms with Crippen LogP contribution in [0.5, 0.6) is 0 Å². The number of rotatable bonds is 3. The molecule has 1 atom stereocenters. The number of amides is 1. The highest BCUT2D eigenvalue weighted by Crippen LogP contribution is 2.27. The number of hydrogen-bond donors (Lipinski definition) is 1. The van der Waals surface area contributed by atoms with Crippen molar-refractivity contribution in [3.8, 4) is 0 Å². The molecule has 19 heavy (non-hydrogen) atoms. The Morgan fingerprint density at radius 2 is 2.05 bits per heavy atom. The molecule has 0 heterocycles. The smallest absolute Gasteiger partial charge is 0.251 e. The molecule has 0 spiro atoms. The Morgan fingerprint density at radius 1 is 1.37 bits per heavy atom. The van der Waals surface area contributed by atoms with Crippen molar-refractivity contribution in [2.75, 3.05) is 0 Å². The van der Waals surface area contributed by atoms with Gasteiger partial charge in [0.15, 0.2) is 0 Å². The van der Waals surface area contributed by atoms with Crippen molar-refractivity contribution in [3.05, 3.63) is 33.3 Å². The van der Waals surface area contributed by atoms with E-state index in [2.05, 4.69) is 28.2 Å². The highest BCUT2D eigenvalue weighted by molar-refractivity contribution is 9.10.